The fourth-order valence-electron chi connectivity index (χ4n) is 10.6. The van der Waals surface area contributed by atoms with Crippen molar-refractivity contribution in [1.82, 2.24) is 4.90 Å². The number of hydrogen-bond acceptors (Lipinski definition) is 9. The van der Waals surface area contributed by atoms with Gasteiger partial charge in [0, 0.05) is 55.2 Å². The summed E-state index contributed by atoms with van der Waals surface area (Å²) in [5.41, 5.74) is 3.62. The lowest BCUT2D eigenvalue weighted by Gasteiger charge is -2.60. The Morgan fingerprint density at radius 2 is 1.77 bits per heavy atom. The molecule has 340 valence electrons. The SMILES string of the molecule is C=CCO[C@@]12Oc3ccc(OCc4ccccc4F)cc3[C@H]3[C@H](CCCCO)[C@@H](CCCCO)C=C(C(=NOC4CCCCO4)C[C@@H]1N(CCC)C(=O)c1ccc4ccccc4c1)[C@H]32. The number of unbranched alkanes of at least 4 members (excludes halogenated alkanes) is 2. The zero-order chi connectivity index (χ0) is 44.5. The van der Waals surface area contributed by atoms with Crippen LogP contribution in [0.4, 0.5) is 4.39 Å². The first kappa shape index (κ1) is 45.5. The highest BCUT2D eigenvalue weighted by Gasteiger charge is 2.65. The van der Waals surface area contributed by atoms with Gasteiger partial charge in [-0.15, -0.1) is 6.58 Å². The molecule has 1 unspecified atom stereocenters. The van der Waals surface area contributed by atoms with E-state index in [1.807, 2.05) is 65.6 Å². The Bertz CT molecular complexity index is 2290. The van der Waals surface area contributed by atoms with Crippen molar-refractivity contribution < 1.29 is 43.2 Å². The Hall–Kier alpha value is -5.07. The van der Waals surface area contributed by atoms with Crippen LogP contribution in [0, 0.1) is 23.6 Å². The third-order valence-corrected chi connectivity index (χ3v) is 13.5. The molecule has 1 saturated carbocycles. The predicted octanol–water partition coefficient (Wildman–Crippen LogP) is 10.3. The summed E-state index contributed by atoms with van der Waals surface area (Å²) in [5.74, 6) is -1.29. The standard InChI is InChI=1S/C53H63FN2O8/c1-3-26-56(52(59)39-23-22-36-15-5-6-16-37(36)31-39)48-34-46(55-64-49-21-11-14-30-60-49)43-32-38(17-9-12-27-57)42(19-10-13-28-58)50-44-33-41(61-35-40-18-7-8-20-45(40)54)24-25-47(44)63-53(48,51(43)50)62-29-4-2/h4-8,15-16,18,20,22-25,31-33,38,42,48-51,57-58H,2-3,9-14,17,19,21,26-30,34-35H2,1H3/t38-,42+,48-,49?,50+,51+,53+/m0/s1. The first-order chi connectivity index (χ1) is 31.4. The van der Waals surface area contributed by atoms with Crippen molar-refractivity contribution in [3.8, 4) is 11.5 Å². The van der Waals surface area contributed by atoms with E-state index in [-0.39, 0.29) is 62.3 Å². The molecule has 0 aromatic heterocycles. The van der Waals surface area contributed by atoms with Crippen molar-refractivity contribution in [2.45, 2.75) is 108 Å². The second-order valence-corrected chi connectivity index (χ2v) is 17.6. The number of oxime groups is 1. The summed E-state index contributed by atoms with van der Waals surface area (Å²) in [4.78, 5) is 23.5. The second-order valence-electron chi connectivity index (χ2n) is 17.6. The second kappa shape index (κ2) is 21.3. The van der Waals surface area contributed by atoms with Crippen molar-refractivity contribution in [2.75, 3.05) is 33.0 Å². The predicted molar refractivity (Wildman–Crippen MR) is 246 cm³/mol. The Kier molecular flexibility index (Phi) is 15.1. The van der Waals surface area contributed by atoms with Crippen LogP contribution in [0.5, 0.6) is 11.5 Å². The summed E-state index contributed by atoms with van der Waals surface area (Å²) in [5, 5.41) is 27.0. The molecule has 1 saturated heterocycles. The molecule has 0 radical (unpaired) electrons. The van der Waals surface area contributed by atoms with Crippen LogP contribution in [0.25, 0.3) is 10.8 Å². The third-order valence-electron chi connectivity index (χ3n) is 13.5. The molecule has 11 heteroatoms. The minimum Gasteiger partial charge on any atom is -0.489 e. The van der Waals surface area contributed by atoms with E-state index in [1.165, 1.54) is 6.07 Å². The summed E-state index contributed by atoms with van der Waals surface area (Å²) < 4.78 is 41.8. The number of aliphatic hydroxyl groups excluding tert-OH is 2. The molecule has 4 aromatic rings. The van der Waals surface area contributed by atoms with E-state index in [2.05, 4.69) is 19.6 Å². The summed E-state index contributed by atoms with van der Waals surface area (Å²) in [6, 6.07) is 25.6. The van der Waals surface area contributed by atoms with Crippen molar-refractivity contribution in [3.63, 3.8) is 0 Å². The molecule has 64 heavy (non-hydrogen) atoms. The average molecular weight is 875 g/mol. The number of allylic oxidation sites excluding steroid dienone is 1. The van der Waals surface area contributed by atoms with Crippen LogP contribution in [0.3, 0.4) is 0 Å². The maximum absolute atomic E-state index is 15.3. The fraction of sp³-hybridized carbons (Fsp3) is 0.472. The van der Waals surface area contributed by atoms with E-state index < -0.39 is 24.0 Å². The largest absolute Gasteiger partial charge is 0.489 e. The van der Waals surface area contributed by atoms with E-state index in [0.717, 1.165) is 72.6 Å². The van der Waals surface area contributed by atoms with Crippen LogP contribution in [0.15, 0.2) is 114 Å². The van der Waals surface area contributed by atoms with Crippen LogP contribution < -0.4 is 9.47 Å². The molecule has 4 aromatic carbocycles. The number of hydrogen-bond donors (Lipinski definition) is 2. The van der Waals surface area contributed by atoms with E-state index in [1.54, 1.807) is 24.3 Å². The summed E-state index contributed by atoms with van der Waals surface area (Å²) >= 11 is 0. The number of carbonyl (C=O) groups is 1. The number of rotatable bonds is 20. The van der Waals surface area contributed by atoms with Crippen LogP contribution in [-0.4, -0.2) is 77.8 Å². The lowest BCUT2D eigenvalue weighted by Crippen LogP contribution is -2.70. The van der Waals surface area contributed by atoms with E-state index in [0.29, 0.717) is 55.0 Å². The highest BCUT2D eigenvalue weighted by atomic mass is 19.1. The fourth-order valence-corrected chi connectivity index (χ4v) is 10.6. The minimum absolute atomic E-state index is 0.0357. The number of aliphatic hydroxyl groups is 2. The van der Waals surface area contributed by atoms with Gasteiger partial charge in [-0.25, -0.2) is 4.39 Å². The average Bonchev–Trinajstić information content (AvgIpc) is 3.32. The molecular weight excluding hydrogens is 812 g/mol. The van der Waals surface area contributed by atoms with Gasteiger partial charge < -0.3 is 38.9 Å². The number of benzene rings is 4. The Labute approximate surface area is 376 Å². The maximum atomic E-state index is 15.3. The smallest absolute Gasteiger partial charge is 0.254 e. The third kappa shape index (κ3) is 9.64. The maximum Gasteiger partial charge on any atom is 0.254 e. The Balaban J connectivity index is 1.32. The number of nitrogens with zero attached hydrogens (tertiary/aromatic N) is 2. The molecule has 2 heterocycles. The molecular formula is C53H63FN2O8. The zero-order valence-electron chi connectivity index (χ0n) is 37.0. The van der Waals surface area contributed by atoms with Gasteiger partial charge in [-0.05, 0) is 110 Å². The topological polar surface area (TPSA) is 119 Å². The van der Waals surface area contributed by atoms with Crippen LogP contribution in [-0.2, 0) is 20.9 Å². The quantitative estimate of drug-likeness (QED) is 0.0512. The van der Waals surface area contributed by atoms with Crippen molar-refractivity contribution in [3.05, 3.63) is 132 Å². The zero-order valence-corrected chi connectivity index (χ0v) is 37.0. The van der Waals surface area contributed by atoms with E-state index >= 15 is 4.79 Å². The number of carbonyl (C=O) groups excluding carboxylic acids is 1. The van der Waals surface area contributed by atoms with Gasteiger partial charge in [0.2, 0.25) is 12.1 Å². The Morgan fingerprint density at radius 1 is 0.969 bits per heavy atom. The van der Waals surface area contributed by atoms with Gasteiger partial charge in [-0.3, -0.25) is 4.79 Å². The highest BCUT2D eigenvalue weighted by molar-refractivity contribution is 6.04. The lowest BCUT2D eigenvalue weighted by atomic mass is 9.55. The monoisotopic (exact) mass is 874 g/mol. The first-order valence-corrected chi connectivity index (χ1v) is 23.4. The number of amides is 1. The van der Waals surface area contributed by atoms with Crippen molar-refractivity contribution in [2.24, 2.45) is 22.9 Å². The van der Waals surface area contributed by atoms with Gasteiger partial charge >= 0.3 is 0 Å². The molecule has 10 nitrogen and oxygen atoms in total. The Morgan fingerprint density at radius 3 is 2.53 bits per heavy atom. The molecule has 2 aliphatic heterocycles. The molecule has 2 fully saturated rings. The van der Waals surface area contributed by atoms with Crippen molar-refractivity contribution in [1.29, 1.82) is 0 Å². The summed E-state index contributed by atoms with van der Waals surface area (Å²) in [6.45, 7) is 7.56. The molecule has 7 atom stereocenters. The normalized spacial score (nSPS) is 25.4. The minimum atomic E-state index is -1.40. The summed E-state index contributed by atoms with van der Waals surface area (Å²) in [7, 11) is 0. The summed E-state index contributed by atoms with van der Waals surface area (Å²) in [6.07, 6.45) is 11.8. The molecule has 0 bridgehead atoms. The lowest BCUT2D eigenvalue weighted by molar-refractivity contribution is -0.254. The van der Waals surface area contributed by atoms with Crippen LogP contribution >= 0.6 is 0 Å². The van der Waals surface area contributed by atoms with Gasteiger partial charge in [0.05, 0.1) is 24.8 Å². The van der Waals surface area contributed by atoms with E-state index in [9.17, 15) is 14.6 Å². The van der Waals surface area contributed by atoms with Gasteiger partial charge in [0.25, 0.3) is 5.91 Å². The van der Waals surface area contributed by atoms with Gasteiger partial charge in [-0.2, -0.15) is 0 Å². The van der Waals surface area contributed by atoms with Gasteiger partial charge in [0.15, 0.2) is 0 Å². The molecule has 8 rings (SSSR count). The number of halogens is 1. The number of ether oxygens (including phenoxy) is 4. The molecule has 2 N–H and O–H groups in total. The molecule has 1 amide bonds. The van der Waals surface area contributed by atoms with E-state index in [4.69, 9.17) is 28.9 Å². The number of fused-ring (bicyclic) bond motifs is 3. The van der Waals surface area contributed by atoms with Crippen molar-refractivity contribution >= 4 is 22.4 Å². The molecule has 0 spiro atoms. The molecule has 2 aliphatic carbocycles. The molecule has 4 aliphatic rings. The van der Waals surface area contributed by atoms with Gasteiger partial charge in [0.1, 0.15) is 30.0 Å². The highest BCUT2D eigenvalue weighted by Crippen LogP contribution is 2.62. The first-order valence-electron chi connectivity index (χ1n) is 23.4. The van der Waals surface area contributed by atoms with Crippen LogP contribution in [0.2, 0.25) is 0 Å². The van der Waals surface area contributed by atoms with Gasteiger partial charge in [-0.1, -0.05) is 85.6 Å². The van der Waals surface area contributed by atoms with Crippen LogP contribution in [0.1, 0.15) is 105 Å².